The number of rotatable bonds is 14. The maximum atomic E-state index is 14.1. The number of unbranched alkanes of at least 4 members (excludes halogenated alkanes) is 1. The summed E-state index contributed by atoms with van der Waals surface area (Å²) in [6.45, 7) is 8.07. The predicted molar refractivity (Wildman–Crippen MR) is 168 cm³/mol. The number of carbonyl (C=O) groups is 2. The summed E-state index contributed by atoms with van der Waals surface area (Å²) in [6.07, 6.45) is 4.09. The number of thioether (sulfide) groups is 1. The van der Waals surface area contributed by atoms with E-state index in [0.29, 0.717) is 18.7 Å². The molecule has 3 rings (SSSR count). The van der Waals surface area contributed by atoms with E-state index >= 15 is 0 Å². The maximum Gasteiger partial charge on any atom is 0.264 e. The van der Waals surface area contributed by atoms with E-state index in [-0.39, 0.29) is 17.3 Å². The fourth-order valence-electron chi connectivity index (χ4n) is 4.43. The summed E-state index contributed by atoms with van der Waals surface area (Å²) in [6, 6.07) is 20.7. The lowest BCUT2D eigenvalue weighted by Crippen LogP contribution is -2.52. The summed E-state index contributed by atoms with van der Waals surface area (Å²) in [5.74, 6) is -0.688. The molecule has 0 bridgehead atoms. The van der Waals surface area contributed by atoms with Gasteiger partial charge in [0.15, 0.2) is 0 Å². The van der Waals surface area contributed by atoms with Gasteiger partial charge in [0, 0.05) is 18.0 Å². The Balaban J connectivity index is 2.02. The van der Waals surface area contributed by atoms with Gasteiger partial charge in [-0.2, -0.15) is 0 Å². The van der Waals surface area contributed by atoms with Crippen LogP contribution in [-0.4, -0.2) is 50.5 Å². The second-order valence-corrected chi connectivity index (χ2v) is 12.8. The minimum Gasteiger partial charge on any atom is -0.354 e. The van der Waals surface area contributed by atoms with Crippen LogP contribution in [0, 0.1) is 13.8 Å². The van der Waals surface area contributed by atoms with Crippen molar-refractivity contribution in [1.29, 1.82) is 0 Å². The zero-order valence-electron chi connectivity index (χ0n) is 24.6. The van der Waals surface area contributed by atoms with Gasteiger partial charge in [-0.15, -0.1) is 11.8 Å². The Labute approximate surface area is 249 Å². The van der Waals surface area contributed by atoms with Crippen LogP contribution in [0.1, 0.15) is 49.8 Å². The van der Waals surface area contributed by atoms with Crippen molar-refractivity contribution in [3.8, 4) is 0 Å². The molecule has 3 aromatic carbocycles. The smallest absolute Gasteiger partial charge is 0.264 e. The van der Waals surface area contributed by atoms with Gasteiger partial charge in [-0.1, -0.05) is 67.8 Å². The van der Waals surface area contributed by atoms with E-state index in [4.69, 9.17) is 0 Å². The highest BCUT2D eigenvalue weighted by atomic mass is 32.2. The van der Waals surface area contributed by atoms with Gasteiger partial charge >= 0.3 is 0 Å². The first-order valence-electron chi connectivity index (χ1n) is 14.0. The molecule has 41 heavy (non-hydrogen) atoms. The number of benzene rings is 3. The normalized spacial score (nSPS) is 12.0. The van der Waals surface area contributed by atoms with Crippen molar-refractivity contribution in [2.24, 2.45) is 0 Å². The second-order valence-electron chi connectivity index (χ2n) is 10.1. The number of sulfonamides is 1. The molecule has 7 nitrogen and oxygen atoms in total. The molecule has 0 saturated heterocycles. The first kappa shape index (κ1) is 32.2. The van der Waals surface area contributed by atoms with E-state index in [1.54, 1.807) is 36.4 Å². The third-order valence-electron chi connectivity index (χ3n) is 6.94. The van der Waals surface area contributed by atoms with Crippen LogP contribution >= 0.6 is 11.8 Å². The molecule has 0 aliphatic carbocycles. The summed E-state index contributed by atoms with van der Waals surface area (Å²) in [5.41, 5.74) is 3.30. The van der Waals surface area contributed by atoms with Gasteiger partial charge in [-0.3, -0.25) is 13.9 Å². The van der Waals surface area contributed by atoms with Crippen LogP contribution < -0.4 is 9.62 Å². The van der Waals surface area contributed by atoms with Gasteiger partial charge in [-0.25, -0.2) is 8.42 Å². The quantitative estimate of drug-likeness (QED) is 0.184. The van der Waals surface area contributed by atoms with Crippen molar-refractivity contribution in [1.82, 2.24) is 10.2 Å². The molecular formula is C32H41N3O4S2. The Bertz CT molecular complexity index is 1390. The van der Waals surface area contributed by atoms with Gasteiger partial charge in [-0.05, 0) is 74.9 Å². The maximum absolute atomic E-state index is 14.1. The molecule has 0 aromatic heterocycles. The van der Waals surface area contributed by atoms with Gasteiger partial charge < -0.3 is 10.2 Å². The summed E-state index contributed by atoms with van der Waals surface area (Å²) in [7, 11) is -4.09. The molecule has 1 N–H and O–H groups in total. The van der Waals surface area contributed by atoms with E-state index in [9.17, 15) is 18.0 Å². The molecule has 2 amide bonds. The van der Waals surface area contributed by atoms with Gasteiger partial charge in [0.2, 0.25) is 11.8 Å². The fourth-order valence-corrected chi connectivity index (χ4v) is 6.25. The highest BCUT2D eigenvalue weighted by molar-refractivity contribution is 7.98. The van der Waals surface area contributed by atoms with Gasteiger partial charge in [0.05, 0.1) is 10.6 Å². The topological polar surface area (TPSA) is 86.8 Å². The molecule has 1 atom stereocenters. The molecule has 0 unspecified atom stereocenters. The Hall–Kier alpha value is -3.30. The number of hydrogen-bond acceptors (Lipinski definition) is 5. The van der Waals surface area contributed by atoms with Gasteiger partial charge in [0.1, 0.15) is 12.6 Å². The first-order chi connectivity index (χ1) is 19.6. The molecule has 0 saturated carbocycles. The number of nitrogens with one attached hydrogen (secondary N) is 1. The largest absolute Gasteiger partial charge is 0.354 e. The Kier molecular flexibility index (Phi) is 11.8. The average Bonchev–Trinajstić information content (AvgIpc) is 2.97. The molecule has 0 heterocycles. The minimum atomic E-state index is -4.09. The standard InChI is InChI=1S/C32H41N3O4S2/c1-6-8-21-33-32(37)30(7-2)34(22-26-13-9-24(3)10-14-26)31(36)23-35(27-15-11-25(4)12-16-27)41(38,39)29-19-17-28(40-5)18-20-29/h9-20,30H,6-8,21-23H2,1-5H3,(H,33,37)/t30-/m1/s1. The van der Waals surface area contributed by atoms with Crippen molar-refractivity contribution in [3.63, 3.8) is 0 Å². The monoisotopic (exact) mass is 595 g/mol. The lowest BCUT2D eigenvalue weighted by molar-refractivity contribution is -0.140. The fraction of sp³-hybridized carbons (Fsp3) is 0.375. The zero-order chi connectivity index (χ0) is 30.0. The average molecular weight is 596 g/mol. The van der Waals surface area contributed by atoms with E-state index in [2.05, 4.69) is 5.32 Å². The summed E-state index contributed by atoms with van der Waals surface area (Å²) in [5, 5.41) is 2.96. The van der Waals surface area contributed by atoms with E-state index < -0.39 is 28.5 Å². The lowest BCUT2D eigenvalue weighted by atomic mass is 10.1. The van der Waals surface area contributed by atoms with Crippen molar-refractivity contribution >= 4 is 39.3 Å². The number of aryl methyl sites for hydroxylation is 2. The highest BCUT2D eigenvalue weighted by Gasteiger charge is 2.33. The van der Waals surface area contributed by atoms with E-state index in [1.807, 2.05) is 70.3 Å². The Morgan fingerprint density at radius 3 is 2.00 bits per heavy atom. The van der Waals surface area contributed by atoms with E-state index in [0.717, 1.165) is 38.7 Å². The summed E-state index contributed by atoms with van der Waals surface area (Å²) >= 11 is 1.52. The van der Waals surface area contributed by atoms with Crippen LogP contribution in [0.2, 0.25) is 0 Å². The van der Waals surface area contributed by atoms with Crippen LogP contribution in [0.3, 0.4) is 0 Å². The number of nitrogens with zero attached hydrogens (tertiary/aromatic N) is 2. The molecule has 0 aliphatic heterocycles. The molecule has 9 heteroatoms. The SMILES string of the molecule is CCCCNC(=O)[C@@H](CC)N(Cc1ccc(C)cc1)C(=O)CN(c1ccc(C)cc1)S(=O)(=O)c1ccc(SC)cc1. The number of amides is 2. The lowest BCUT2D eigenvalue weighted by Gasteiger charge is -2.33. The van der Waals surface area contributed by atoms with Crippen LogP contribution in [0.25, 0.3) is 0 Å². The zero-order valence-corrected chi connectivity index (χ0v) is 26.2. The Morgan fingerprint density at radius 1 is 0.878 bits per heavy atom. The van der Waals surface area contributed by atoms with Gasteiger partial charge in [0.25, 0.3) is 10.0 Å². The molecule has 0 fully saturated rings. The molecule has 0 radical (unpaired) electrons. The van der Waals surface area contributed by atoms with Crippen LogP contribution in [-0.2, 0) is 26.2 Å². The molecular weight excluding hydrogens is 555 g/mol. The number of hydrogen-bond donors (Lipinski definition) is 1. The van der Waals surface area contributed by atoms with Crippen molar-refractivity contribution < 1.29 is 18.0 Å². The van der Waals surface area contributed by atoms with Crippen LogP contribution in [0.5, 0.6) is 0 Å². The predicted octanol–water partition coefficient (Wildman–Crippen LogP) is 5.94. The van der Waals surface area contributed by atoms with Crippen molar-refractivity contribution in [3.05, 3.63) is 89.5 Å². The highest BCUT2D eigenvalue weighted by Crippen LogP contribution is 2.27. The minimum absolute atomic E-state index is 0.0955. The summed E-state index contributed by atoms with van der Waals surface area (Å²) < 4.78 is 29.1. The van der Waals surface area contributed by atoms with Crippen LogP contribution in [0.15, 0.2) is 82.6 Å². The first-order valence-corrected chi connectivity index (χ1v) is 16.6. The molecule has 3 aromatic rings. The third-order valence-corrected chi connectivity index (χ3v) is 9.47. The molecule has 220 valence electrons. The summed E-state index contributed by atoms with van der Waals surface area (Å²) in [4.78, 5) is 29.9. The Morgan fingerprint density at radius 2 is 1.46 bits per heavy atom. The molecule has 0 aliphatic rings. The van der Waals surface area contributed by atoms with Crippen LogP contribution in [0.4, 0.5) is 5.69 Å². The third kappa shape index (κ3) is 8.60. The van der Waals surface area contributed by atoms with E-state index in [1.165, 1.54) is 16.7 Å². The second kappa shape index (κ2) is 15.1. The number of carbonyl (C=O) groups excluding carboxylic acids is 2. The number of anilines is 1. The van der Waals surface area contributed by atoms with Crippen molar-refractivity contribution in [2.75, 3.05) is 23.7 Å². The van der Waals surface area contributed by atoms with Crippen molar-refractivity contribution in [2.45, 2.75) is 69.3 Å². The molecule has 0 spiro atoms.